The molecule has 1 heteroatoms. The summed E-state index contributed by atoms with van der Waals surface area (Å²) in [7, 11) is 0. The molecule has 1 atom stereocenters. The third-order valence-electron chi connectivity index (χ3n) is 1.22. The molecule has 0 heterocycles. The van der Waals surface area contributed by atoms with Crippen LogP contribution in [0.2, 0.25) is 0 Å². The molecule has 43 valence electrons. The number of hydrogen-bond donors (Lipinski definition) is 1. The highest BCUT2D eigenvalue weighted by Crippen LogP contribution is 2.11. The van der Waals surface area contributed by atoms with Gasteiger partial charge in [0.15, 0.2) is 0 Å². The lowest BCUT2D eigenvalue weighted by atomic mass is 10.1. The summed E-state index contributed by atoms with van der Waals surface area (Å²) < 4.78 is 0. The van der Waals surface area contributed by atoms with E-state index >= 15 is 0 Å². The Balaban J connectivity index is 2.49. The molecule has 1 N–H and O–H groups in total. The van der Waals surface area contributed by atoms with E-state index in [0.29, 0.717) is 0 Å². The minimum atomic E-state index is -0.481. The summed E-state index contributed by atoms with van der Waals surface area (Å²) in [5.74, 6) is 0.148. The van der Waals surface area contributed by atoms with E-state index in [2.05, 4.69) is 6.92 Å². The zero-order chi connectivity index (χ0) is 5.98. The summed E-state index contributed by atoms with van der Waals surface area (Å²) in [5.41, 5.74) is 0. The van der Waals surface area contributed by atoms with Gasteiger partial charge in [-0.3, -0.25) is 0 Å². The molecule has 1 rings (SSSR count). The molecule has 0 aliphatic heterocycles. The first-order valence-electron chi connectivity index (χ1n) is 2.67. The highest BCUT2D eigenvalue weighted by atomic mass is 16.3. The minimum Gasteiger partial charge on any atom is -0.392 e. The van der Waals surface area contributed by atoms with Crippen molar-refractivity contribution in [1.29, 1.82) is 0 Å². The van der Waals surface area contributed by atoms with Gasteiger partial charge in [-0.05, 0) is 6.92 Å². The second kappa shape index (κ2) is 2.14. The highest BCUT2D eigenvalue weighted by Gasteiger charge is 2.08. The summed E-state index contributed by atoms with van der Waals surface area (Å²) in [5, 5.41) is 8.84. The quantitative estimate of drug-likeness (QED) is 0.531. The van der Waals surface area contributed by atoms with Crippen LogP contribution in [-0.4, -0.2) is 11.2 Å². The van der Waals surface area contributed by atoms with E-state index < -0.39 is 6.10 Å². The first-order chi connectivity index (χ1) is 3.80. The van der Waals surface area contributed by atoms with E-state index in [4.69, 9.17) is 5.11 Å². The molecule has 1 aliphatic carbocycles. The average molecular weight is 109 g/mol. The largest absolute Gasteiger partial charge is 0.392 e. The Morgan fingerprint density at radius 2 is 1.88 bits per heavy atom. The van der Waals surface area contributed by atoms with Gasteiger partial charge in [-0.2, -0.15) is 0 Å². The molecular formula is C7H9O. The van der Waals surface area contributed by atoms with Crippen molar-refractivity contribution in [2.24, 2.45) is 5.92 Å². The van der Waals surface area contributed by atoms with Gasteiger partial charge in [-0.25, -0.2) is 0 Å². The van der Waals surface area contributed by atoms with Crippen molar-refractivity contribution in [3.8, 4) is 0 Å². The molecule has 0 spiro atoms. The molecule has 1 nitrogen and oxygen atoms in total. The molecular weight excluding hydrogens is 100 g/mol. The molecule has 0 fully saturated rings. The Morgan fingerprint density at radius 1 is 1.38 bits per heavy atom. The number of rotatable bonds is 1. The molecule has 1 radical (unpaired) electrons. The standard InChI is InChI=1S/C7H9O/c1-6(8)7-4-2-3-5-7/h2-8H,1H2. The van der Waals surface area contributed by atoms with Crippen molar-refractivity contribution in [3.63, 3.8) is 0 Å². The summed E-state index contributed by atoms with van der Waals surface area (Å²) in [6, 6.07) is 0. The Bertz CT molecular complexity index is 110. The van der Waals surface area contributed by atoms with Crippen LogP contribution in [0.3, 0.4) is 0 Å². The molecule has 1 aliphatic rings. The fourth-order valence-electron chi connectivity index (χ4n) is 0.706. The second-order valence-corrected chi connectivity index (χ2v) is 1.91. The summed E-state index contributed by atoms with van der Waals surface area (Å²) in [6.45, 7) is 3.47. The fraction of sp³-hybridized carbons (Fsp3) is 0.286. The molecule has 0 aromatic rings. The van der Waals surface area contributed by atoms with E-state index in [-0.39, 0.29) is 5.92 Å². The van der Waals surface area contributed by atoms with Gasteiger partial charge in [0.2, 0.25) is 0 Å². The maximum Gasteiger partial charge on any atom is 0.0638 e. The topological polar surface area (TPSA) is 20.2 Å². The van der Waals surface area contributed by atoms with E-state index in [9.17, 15) is 0 Å². The van der Waals surface area contributed by atoms with Gasteiger partial charge < -0.3 is 5.11 Å². The third-order valence-corrected chi connectivity index (χ3v) is 1.22. The Hall–Kier alpha value is -0.560. The molecule has 0 saturated heterocycles. The van der Waals surface area contributed by atoms with Crippen LogP contribution in [0, 0.1) is 12.8 Å². The van der Waals surface area contributed by atoms with Crippen LogP contribution in [0.5, 0.6) is 0 Å². The number of allylic oxidation sites excluding steroid dienone is 2. The first-order valence-corrected chi connectivity index (χ1v) is 2.67. The van der Waals surface area contributed by atoms with Crippen LogP contribution in [0.1, 0.15) is 0 Å². The number of aliphatic hydroxyl groups is 1. The van der Waals surface area contributed by atoms with E-state index in [1.807, 2.05) is 24.3 Å². The Kier molecular flexibility index (Phi) is 1.49. The fourth-order valence-corrected chi connectivity index (χ4v) is 0.706. The van der Waals surface area contributed by atoms with Crippen LogP contribution in [-0.2, 0) is 0 Å². The van der Waals surface area contributed by atoms with Crippen LogP contribution in [0.15, 0.2) is 24.3 Å². The smallest absolute Gasteiger partial charge is 0.0638 e. The lowest BCUT2D eigenvalue weighted by Crippen LogP contribution is -2.09. The second-order valence-electron chi connectivity index (χ2n) is 1.91. The molecule has 0 saturated carbocycles. The van der Waals surface area contributed by atoms with E-state index in [1.54, 1.807) is 0 Å². The van der Waals surface area contributed by atoms with Gasteiger partial charge in [-0.15, -0.1) is 0 Å². The van der Waals surface area contributed by atoms with Crippen LogP contribution < -0.4 is 0 Å². The molecule has 1 unspecified atom stereocenters. The maximum atomic E-state index is 8.84. The summed E-state index contributed by atoms with van der Waals surface area (Å²) in [4.78, 5) is 0. The van der Waals surface area contributed by atoms with Crippen molar-refractivity contribution < 1.29 is 5.11 Å². The SMILES string of the molecule is [CH2]C(O)C1C=CC=C1. The van der Waals surface area contributed by atoms with Crippen molar-refractivity contribution in [2.75, 3.05) is 0 Å². The van der Waals surface area contributed by atoms with Crippen molar-refractivity contribution in [1.82, 2.24) is 0 Å². The Morgan fingerprint density at radius 3 is 2.12 bits per heavy atom. The predicted molar refractivity (Wildman–Crippen MR) is 33.1 cm³/mol. The number of hydrogen-bond acceptors (Lipinski definition) is 1. The zero-order valence-electron chi connectivity index (χ0n) is 4.62. The third kappa shape index (κ3) is 0.984. The van der Waals surface area contributed by atoms with E-state index in [1.165, 1.54) is 0 Å². The van der Waals surface area contributed by atoms with Crippen LogP contribution >= 0.6 is 0 Å². The van der Waals surface area contributed by atoms with Gasteiger partial charge in [-0.1, -0.05) is 24.3 Å². The highest BCUT2D eigenvalue weighted by molar-refractivity contribution is 5.19. The van der Waals surface area contributed by atoms with Gasteiger partial charge in [0.1, 0.15) is 0 Å². The van der Waals surface area contributed by atoms with E-state index in [0.717, 1.165) is 0 Å². The van der Waals surface area contributed by atoms with Gasteiger partial charge in [0.25, 0.3) is 0 Å². The monoisotopic (exact) mass is 109 g/mol. The van der Waals surface area contributed by atoms with Crippen LogP contribution in [0.25, 0.3) is 0 Å². The summed E-state index contributed by atoms with van der Waals surface area (Å²) >= 11 is 0. The van der Waals surface area contributed by atoms with Crippen LogP contribution in [0.4, 0.5) is 0 Å². The average Bonchev–Trinajstić information content (AvgIpc) is 2.12. The molecule has 8 heavy (non-hydrogen) atoms. The molecule has 0 bridgehead atoms. The zero-order valence-corrected chi connectivity index (χ0v) is 4.62. The van der Waals surface area contributed by atoms with Gasteiger partial charge in [0.05, 0.1) is 6.10 Å². The van der Waals surface area contributed by atoms with Gasteiger partial charge in [0, 0.05) is 5.92 Å². The first kappa shape index (κ1) is 5.57. The van der Waals surface area contributed by atoms with Crippen molar-refractivity contribution >= 4 is 0 Å². The summed E-state index contributed by atoms with van der Waals surface area (Å²) in [6.07, 6.45) is 7.21. The predicted octanol–water partition coefficient (Wildman–Crippen LogP) is 0.924. The molecule has 0 amide bonds. The number of aliphatic hydroxyl groups excluding tert-OH is 1. The minimum absolute atomic E-state index is 0.148. The maximum absolute atomic E-state index is 8.84. The Labute approximate surface area is 49.3 Å². The normalized spacial score (nSPS) is 22.2. The molecule has 0 aromatic heterocycles. The lowest BCUT2D eigenvalue weighted by molar-refractivity contribution is 0.195. The molecule has 0 aromatic carbocycles. The van der Waals surface area contributed by atoms with Gasteiger partial charge >= 0.3 is 0 Å². The van der Waals surface area contributed by atoms with Crippen molar-refractivity contribution in [3.05, 3.63) is 31.2 Å². The van der Waals surface area contributed by atoms with Crippen molar-refractivity contribution in [2.45, 2.75) is 6.10 Å². The lowest BCUT2D eigenvalue weighted by Gasteiger charge is -2.05.